The fraction of sp³-hybridized carbons (Fsp3) is 0.737. The van der Waals surface area contributed by atoms with Crippen molar-refractivity contribution in [2.75, 3.05) is 6.54 Å². The number of fused-ring (bicyclic) bond motifs is 1. The van der Waals surface area contributed by atoms with E-state index in [1.165, 1.54) is 57.1 Å². The molecule has 4 rings (SSSR count). The molecule has 0 radical (unpaired) electrons. The Hall–Kier alpha value is -2.30. The molecule has 7 atom stereocenters. The number of nitrogens with one attached hydrogen (secondary N) is 3. The van der Waals surface area contributed by atoms with Crippen molar-refractivity contribution >= 4 is 0 Å². The molecule has 4 fully saturated rings. The van der Waals surface area contributed by atoms with Gasteiger partial charge in [-0.15, -0.1) is 0 Å². The van der Waals surface area contributed by atoms with Gasteiger partial charge < -0.3 is 26.6 Å². The van der Waals surface area contributed by atoms with Crippen LogP contribution in [0, 0.1) is 34.0 Å². The average molecular weight is 592 g/mol. The number of nitrogens with zero attached hydrogens (tertiary/aromatic N) is 1. The lowest BCUT2D eigenvalue weighted by Crippen LogP contribution is -2.53. The molecule has 0 bridgehead atoms. The minimum atomic E-state index is 0.0738. The fourth-order valence-electron chi connectivity index (χ4n) is 8.86. The Labute approximate surface area is 265 Å². The molecule has 242 valence electrons. The molecule has 1 aliphatic heterocycles. The monoisotopic (exact) mass is 592 g/mol. The first-order valence-electron chi connectivity index (χ1n) is 17.3. The van der Waals surface area contributed by atoms with Gasteiger partial charge in [-0.25, -0.2) is 0 Å². The maximum absolute atomic E-state index is 6.21. The Morgan fingerprint density at radius 1 is 0.953 bits per heavy atom. The largest absolute Gasteiger partial charge is 0.399 e. The van der Waals surface area contributed by atoms with E-state index >= 15 is 0 Å². The van der Waals surface area contributed by atoms with E-state index in [1.807, 2.05) is 0 Å². The molecule has 3 saturated carbocycles. The van der Waals surface area contributed by atoms with Crippen molar-refractivity contribution in [1.82, 2.24) is 20.9 Å². The minimum absolute atomic E-state index is 0.0738. The van der Waals surface area contributed by atoms with E-state index < -0.39 is 0 Å². The van der Waals surface area contributed by atoms with Gasteiger partial charge in [-0.3, -0.25) is 0 Å². The predicted octanol–water partition coefficient (Wildman–Crippen LogP) is 7.96. The maximum Gasteiger partial charge on any atom is 0.0920 e. The minimum Gasteiger partial charge on any atom is -0.399 e. The first-order chi connectivity index (χ1) is 20.1. The molecule has 5 nitrogen and oxygen atoms in total. The Balaban J connectivity index is 1.59. The summed E-state index contributed by atoms with van der Waals surface area (Å²) in [7, 11) is 0. The van der Waals surface area contributed by atoms with E-state index in [-0.39, 0.29) is 29.0 Å². The van der Waals surface area contributed by atoms with Crippen LogP contribution in [0.4, 0.5) is 0 Å². The van der Waals surface area contributed by atoms with Gasteiger partial charge in [0.2, 0.25) is 0 Å². The van der Waals surface area contributed by atoms with Crippen molar-refractivity contribution < 1.29 is 0 Å². The second-order valence-electron chi connectivity index (χ2n) is 16.3. The Bertz CT molecular complexity index is 1090. The lowest BCUT2D eigenvalue weighted by atomic mass is 9.78. The van der Waals surface area contributed by atoms with Crippen LogP contribution in [0.15, 0.2) is 61.4 Å². The summed E-state index contributed by atoms with van der Waals surface area (Å²) in [5, 5.41) is 11.5. The highest BCUT2D eigenvalue weighted by atomic mass is 15.3. The number of nitrogens with two attached hydrogens (primary N) is 1. The summed E-state index contributed by atoms with van der Waals surface area (Å²) in [5.74, 6) is 2.85. The summed E-state index contributed by atoms with van der Waals surface area (Å²) in [5.41, 5.74) is 10.6. The van der Waals surface area contributed by atoms with Gasteiger partial charge in [0.1, 0.15) is 0 Å². The van der Waals surface area contributed by atoms with Crippen molar-refractivity contribution in [1.29, 1.82) is 0 Å². The molecule has 0 amide bonds. The van der Waals surface area contributed by atoms with Crippen LogP contribution in [0.5, 0.6) is 0 Å². The first-order valence-corrected chi connectivity index (χ1v) is 17.3. The molecule has 0 aromatic heterocycles. The Morgan fingerprint density at radius 3 is 2.07 bits per heavy atom. The van der Waals surface area contributed by atoms with Crippen molar-refractivity contribution in [3.63, 3.8) is 0 Å². The van der Waals surface area contributed by atoms with Crippen LogP contribution in [0.25, 0.3) is 0 Å². The van der Waals surface area contributed by atoms with Crippen LogP contribution in [-0.4, -0.2) is 35.6 Å². The number of hydrogen-bond donors (Lipinski definition) is 4. The molecule has 3 aliphatic carbocycles. The van der Waals surface area contributed by atoms with Crippen LogP contribution in [0.2, 0.25) is 0 Å². The van der Waals surface area contributed by atoms with Gasteiger partial charge in [-0.05, 0) is 65.3 Å². The molecule has 5 heteroatoms. The van der Waals surface area contributed by atoms with E-state index in [9.17, 15) is 0 Å². The highest BCUT2D eigenvalue weighted by Gasteiger charge is 2.69. The van der Waals surface area contributed by atoms with Crippen LogP contribution >= 0.6 is 0 Å². The Morgan fingerprint density at radius 2 is 1.58 bits per heavy atom. The van der Waals surface area contributed by atoms with Crippen LogP contribution < -0.4 is 21.7 Å². The van der Waals surface area contributed by atoms with E-state index in [1.54, 1.807) is 0 Å². The number of likely N-dealkylation sites (tertiary alicyclic amines) is 1. The number of hydrogen-bond acceptors (Lipinski definition) is 5. The number of piperidine rings is 1. The van der Waals surface area contributed by atoms with Crippen LogP contribution in [0.3, 0.4) is 0 Å². The van der Waals surface area contributed by atoms with Crippen molar-refractivity contribution in [2.45, 2.75) is 137 Å². The van der Waals surface area contributed by atoms with E-state index in [4.69, 9.17) is 18.9 Å². The predicted molar refractivity (Wildman–Crippen MR) is 185 cm³/mol. The molecule has 43 heavy (non-hydrogen) atoms. The zero-order chi connectivity index (χ0) is 31.9. The quantitative estimate of drug-likeness (QED) is 0.137. The average Bonchev–Trinajstić information content (AvgIpc) is 3.25. The van der Waals surface area contributed by atoms with Gasteiger partial charge in [0.25, 0.3) is 0 Å². The third kappa shape index (κ3) is 6.71. The van der Waals surface area contributed by atoms with Crippen molar-refractivity contribution in [3.05, 3.63) is 61.4 Å². The summed E-state index contributed by atoms with van der Waals surface area (Å²) >= 11 is 0. The van der Waals surface area contributed by atoms with Gasteiger partial charge in [0.05, 0.1) is 23.9 Å². The smallest absolute Gasteiger partial charge is 0.0920 e. The van der Waals surface area contributed by atoms with Crippen molar-refractivity contribution in [3.8, 4) is 0 Å². The molecule has 5 N–H and O–H groups in total. The second-order valence-corrected chi connectivity index (χ2v) is 16.3. The number of rotatable bonds is 16. The van der Waals surface area contributed by atoms with Gasteiger partial charge >= 0.3 is 0 Å². The Kier molecular flexibility index (Phi) is 9.84. The molecular weight excluding hydrogens is 526 g/mol. The molecule has 0 spiro atoms. The highest BCUT2D eigenvalue weighted by Crippen LogP contribution is 2.68. The van der Waals surface area contributed by atoms with E-state index in [0.717, 1.165) is 42.4 Å². The summed E-state index contributed by atoms with van der Waals surface area (Å²) in [4.78, 5) is 2.61. The molecule has 4 aliphatic rings. The van der Waals surface area contributed by atoms with Gasteiger partial charge in [0, 0.05) is 29.7 Å². The summed E-state index contributed by atoms with van der Waals surface area (Å²) < 4.78 is 0. The maximum atomic E-state index is 6.21. The van der Waals surface area contributed by atoms with Crippen LogP contribution in [0.1, 0.15) is 113 Å². The second kappa shape index (κ2) is 12.6. The first kappa shape index (κ1) is 33.6. The molecule has 5 unspecified atom stereocenters. The topological polar surface area (TPSA) is 65.3 Å². The summed E-state index contributed by atoms with van der Waals surface area (Å²) in [6.45, 7) is 40.0. The zero-order valence-corrected chi connectivity index (χ0v) is 28.9. The molecular formula is C38H65N5. The third-order valence-electron chi connectivity index (χ3n) is 12.4. The van der Waals surface area contributed by atoms with Crippen LogP contribution in [-0.2, 0) is 0 Å². The van der Waals surface area contributed by atoms with Gasteiger partial charge in [0.15, 0.2) is 0 Å². The molecule has 1 saturated heterocycles. The lowest BCUT2D eigenvalue weighted by Gasteiger charge is -2.45. The summed E-state index contributed by atoms with van der Waals surface area (Å²) in [6, 6.07) is 0.721. The summed E-state index contributed by atoms with van der Waals surface area (Å²) in [6.07, 6.45) is 12.1. The normalized spacial score (nSPS) is 29.9. The SMILES string of the molecule is C=C(NC(CC)C(C)(C)C)NC(C(=C)N1C[C@H]2[C@@H](C1C(=C)NC(CC1CCC1)C(=C)C(=C)N)C2(C)CC)C1(C)CCCC1. The zero-order valence-electron chi connectivity index (χ0n) is 28.9. The molecule has 0 aromatic carbocycles. The highest BCUT2D eigenvalue weighted by molar-refractivity contribution is 5.34. The molecule has 0 aromatic rings. The van der Waals surface area contributed by atoms with E-state index in [0.29, 0.717) is 29.0 Å². The third-order valence-corrected chi connectivity index (χ3v) is 12.4. The standard InChI is InChI=1S/C38H65N5/c1-13-32(36(8,9)10)41-28(7)42-35(37(11)20-15-16-21-37)27(6)43-23-30-33(38(30,12)14-2)34(43)26(5)40-31(24(3)25(4)39)22-29-18-17-19-29/h29-35,40-42H,3-7,13-23,39H2,1-2,8-12H3/t30-,31?,32?,33-,34?,35?,38?/m0/s1. The van der Waals surface area contributed by atoms with Gasteiger partial charge in [-0.1, -0.05) is 120 Å². The van der Waals surface area contributed by atoms with E-state index in [2.05, 4.69) is 89.1 Å². The fourth-order valence-corrected chi connectivity index (χ4v) is 8.86. The molecule has 1 heterocycles. The van der Waals surface area contributed by atoms with Crippen molar-refractivity contribution in [2.24, 2.45) is 39.7 Å². The van der Waals surface area contributed by atoms with Gasteiger partial charge in [-0.2, -0.15) is 0 Å². The lowest BCUT2D eigenvalue weighted by molar-refractivity contribution is 0.169.